The molecule has 21 heavy (non-hydrogen) atoms. The molecule has 0 aromatic heterocycles. The van der Waals surface area contributed by atoms with E-state index in [9.17, 15) is 4.79 Å². The second-order valence-corrected chi connectivity index (χ2v) is 6.28. The van der Waals surface area contributed by atoms with Crippen LogP contribution in [0.15, 0.2) is 24.3 Å². The first-order chi connectivity index (χ1) is 10.2. The fraction of sp³-hybridized carbons (Fsp3) is 0.588. The lowest BCUT2D eigenvalue weighted by Crippen LogP contribution is -2.51. The molecule has 0 spiro atoms. The van der Waals surface area contributed by atoms with Gasteiger partial charge in [0.15, 0.2) is 0 Å². The van der Waals surface area contributed by atoms with E-state index in [4.69, 9.17) is 0 Å². The van der Waals surface area contributed by atoms with Gasteiger partial charge in [0.2, 0.25) is 0 Å². The number of fused-ring (bicyclic) bond motifs is 1. The standard InChI is InChI=1S/C17H25N3O/c1-3-10-18-15(13-8-9-13)12-20-16-7-5-4-6-14(16)11-19(2)17(20)21/h4-7,13,15,18H,3,8-12H2,1-2H3. The third kappa shape index (κ3) is 3.05. The predicted molar refractivity (Wildman–Crippen MR) is 85.5 cm³/mol. The van der Waals surface area contributed by atoms with Gasteiger partial charge in [-0.25, -0.2) is 4.79 Å². The fourth-order valence-corrected chi connectivity index (χ4v) is 3.12. The number of benzene rings is 1. The molecule has 2 amide bonds. The van der Waals surface area contributed by atoms with Crippen LogP contribution in [0.25, 0.3) is 0 Å². The number of urea groups is 1. The van der Waals surface area contributed by atoms with Gasteiger partial charge in [0, 0.05) is 26.2 Å². The van der Waals surface area contributed by atoms with Gasteiger partial charge in [0.05, 0.1) is 5.69 Å². The molecule has 0 bridgehead atoms. The molecule has 0 saturated heterocycles. The van der Waals surface area contributed by atoms with Crippen LogP contribution in [0.4, 0.5) is 10.5 Å². The van der Waals surface area contributed by atoms with E-state index in [1.807, 2.05) is 29.0 Å². The Kier molecular flexibility index (Phi) is 4.15. The number of rotatable bonds is 6. The Labute approximate surface area is 127 Å². The van der Waals surface area contributed by atoms with E-state index in [2.05, 4.69) is 24.4 Å². The van der Waals surface area contributed by atoms with Gasteiger partial charge in [-0.15, -0.1) is 0 Å². The van der Waals surface area contributed by atoms with Crippen molar-refractivity contribution < 1.29 is 4.79 Å². The number of hydrogen-bond acceptors (Lipinski definition) is 2. The van der Waals surface area contributed by atoms with Crippen molar-refractivity contribution in [2.45, 2.75) is 38.8 Å². The highest BCUT2D eigenvalue weighted by Gasteiger charge is 2.36. The fourth-order valence-electron chi connectivity index (χ4n) is 3.12. The molecule has 2 aliphatic rings. The number of anilines is 1. The quantitative estimate of drug-likeness (QED) is 0.873. The Bertz CT molecular complexity index is 513. The molecule has 4 heteroatoms. The van der Waals surface area contributed by atoms with Crippen LogP contribution in [-0.2, 0) is 6.54 Å². The Morgan fingerprint density at radius 1 is 1.33 bits per heavy atom. The number of nitrogens with zero attached hydrogens (tertiary/aromatic N) is 2. The molecule has 1 aromatic carbocycles. The van der Waals surface area contributed by atoms with Gasteiger partial charge in [-0.1, -0.05) is 25.1 Å². The molecule has 1 heterocycles. The van der Waals surface area contributed by atoms with E-state index in [0.717, 1.165) is 31.1 Å². The summed E-state index contributed by atoms with van der Waals surface area (Å²) < 4.78 is 0. The Morgan fingerprint density at radius 3 is 2.81 bits per heavy atom. The largest absolute Gasteiger partial charge is 0.324 e. The van der Waals surface area contributed by atoms with Crippen LogP contribution in [0.2, 0.25) is 0 Å². The molecule has 1 aliphatic carbocycles. The lowest BCUT2D eigenvalue weighted by molar-refractivity contribution is 0.209. The summed E-state index contributed by atoms with van der Waals surface area (Å²) in [6.45, 7) is 4.71. The zero-order valence-corrected chi connectivity index (χ0v) is 13.0. The van der Waals surface area contributed by atoms with E-state index in [1.54, 1.807) is 0 Å². The molecule has 1 aliphatic heterocycles. The van der Waals surface area contributed by atoms with Crippen molar-refractivity contribution >= 4 is 11.7 Å². The van der Waals surface area contributed by atoms with Crippen molar-refractivity contribution in [2.24, 2.45) is 5.92 Å². The van der Waals surface area contributed by atoms with Crippen molar-refractivity contribution in [2.75, 3.05) is 25.0 Å². The molecular weight excluding hydrogens is 262 g/mol. The number of hydrogen-bond donors (Lipinski definition) is 1. The van der Waals surface area contributed by atoms with Gasteiger partial charge in [-0.2, -0.15) is 0 Å². The van der Waals surface area contributed by atoms with Crippen LogP contribution < -0.4 is 10.2 Å². The number of nitrogens with one attached hydrogen (secondary N) is 1. The van der Waals surface area contributed by atoms with E-state index < -0.39 is 0 Å². The SMILES string of the molecule is CCCNC(CN1C(=O)N(C)Cc2ccccc21)C1CC1. The summed E-state index contributed by atoms with van der Waals surface area (Å²) in [6.07, 6.45) is 3.72. The van der Waals surface area contributed by atoms with Crippen molar-refractivity contribution in [3.63, 3.8) is 0 Å². The third-order valence-corrected chi connectivity index (χ3v) is 4.47. The summed E-state index contributed by atoms with van der Waals surface area (Å²) in [4.78, 5) is 16.3. The summed E-state index contributed by atoms with van der Waals surface area (Å²) in [7, 11) is 1.89. The Morgan fingerprint density at radius 2 is 2.10 bits per heavy atom. The number of para-hydroxylation sites is 1. The molecule has 3 rings (SSSR count). The number of carbonyl (C=O) groups is 1. The summed E-state index contributed by atoms with van der Waals surface area (Å²) in [5.41, 5.74) is 2.33. The monoisotopic (exact) mass is 287 g/mol. The molecule has 0 radical (unpaired) electrons. The minimum absolute atomic E-state index is 0.123. The van der Waals surface area contributed by atoms with Crippen LogP contribution in [0, 0.1) is 5.92 Å². The maximum absolute atomic E-state index is 12.6. The Hall–Kier alpha value is -1.55. The highest BCUT2D eigenvalue weighted by molar-refractivity contribution is 5.94. The summed E-state index contributed by atoms with van der Waals surface area (Å²) >= 11 is 0. The van der Waals surface area contributed by atoms with E-state index in [0.29, 0.717) is 12.6 Å². The molecular formula is C17H25N3O. The number of carbonyl (C=O) groups excluding carboxylic acids is 1. The van der Waals surface area contributed by atoms with Gasteiger partial charge in [0.25, 0.3) is 0 Å². The van der Waals surface area contributed by atoms with Crippen molar-refractivity contribution in [3.05, 3.63) is 29.8 Å². The first-order valence-corrected chi connectivity index (χ1v) is 8.04. The van der Waals surface area contributed by atoms with Crippen molar-refractivity contribution in [1.82, 2.24) is 10.2 Å². The van der Waals surface area contributed by atoms with Gasteiger partial charge in [-0.3, -0.25) is 4.90 Å². The zero-order valence-electron chi connectivity index (χ0n) is 13.0. The highest BCUT2D eigenvalue weighted by atomic mass is 16.2. The molecule has 1 fully saturated rings. The topological polar surface area (TPSA) is 35.6 Å². The molecule has 114 valence electrons. The van der Waals surface area contributed by atoms with E-state index >= 15 is 0 Å². The second-order valence-electron chi connectivity index (χ2n) is 6.28. The Balaban J connectivity index is 1.80. The van der Waals surface area contributed by atoms with Crippen LogP contribution in [0.3, 0.4) is 0 Å². The van der Waals surface area contributed by atoms with Crippen LogP contribution >= 0.6 is 0 Å². The van der Waals surface area contributed by atoms with Crippen LogP contribution in [0.1, 0.15) is 31.7 Å². The van der Waals surface area contributed by atoms with Crippen molar-refractivity contribution in [3.8, 4) is 0 Å². The average molecular weight is 287 g/mol. The first kappa shape index (κ1) is 14.4. The van der Waals surface area contributed by atoms with E-state index in [-0.39, 0.29) is 6.03 Å². The van der Waals surface area contributed by atoms with E-state index in [1.165, 1.54) is 18.4 Å². The molecule has 1 aromatic rings. The second kappa shape index (κ2) is 6.06. The first-order valence-electron chi connectivity index (χ1n) is 8.04. The average Bonchev–Trinajstić information content (AvgIpc) is 3.32. The summed E-state index contributed by atoms with van der Waals surface area (Å²) in [5, 5.41) is 3.63. The normalized spacial score (nSPS) is 19.6. The highest BCUT2D eigenvalue weighted by Crippen LogP contribution is 2.35. The minimum Gasteiger partial charge on any atom is -0.323 e. The third-order valence-electron chi connectivity index (χ3n) is 4.47. The van der Waals surface area contributed by atoms with Gasteiger partial charge in [-0.05, 0) is 43.4 Å². The predicted octanol–water partition coefficient (Wildman–Crippen LogP) is 2.84. The smallest absolute Gasteiger partial charge is 0.323 e. The van der Waals surface area contributed by atoms with Crippen molar-refractivity contribution in [1.29, 1.82) is 0 Å². The van der Waals surface area contributed by atoms with Crippen LogP contribution in [0.5, 0.6) is 0 Å². The lowest BCUT2D eigenvalue weighted by Gasteiger charge is -2.37. The molecule has 1 saturated carbocycles. The molecule has 1 unspecified atom stereocenters. The molecule has 1 atom stereocenters. The summed E-state index contributed by atoms with van der Waals surface area (Å²) in [5.74, 6) is 0.740. The molecule has 1 N–H and O–H groups in total. The van der Waals surface area contributed by atoms with Gasteiger partial charge < -0.3 is 10.2 Å². The van der Waals surface area contributed by atoms with Gasteiger partial charge in [0.1, 0.15) is 0 Å². The van der Waals surface area contributed by atoms with Crippen LogP contribution in [-0.4, -0.2) is 37.1 Å². The number of amides is 2. The molecule has 4 nitrogen and oxygen atoms in total. The maximum Gasteiger partial charge on any atom is 0.324 e. The minimum atomic E-state index is 0.123. The zero-order chi connectivity index (χ0) is 14.8. The lowest BCUT2D eigenvalue weighted by atomic mass is 10.1. The maximum atomic E-state index is 12.6. The summed E-state index contributed by atoms with van der Waals surface area (Å²) in [6, 6.07) is 8.82. The van der Waals surface area contributed by atoms with Gasteiger partial charge >= 0.3 is 6.03 Å².